The van der Waals surface area contributed by atoms with Gasteiger partial charge in [-0.2, -0.15) is 0 Å². The molecule has 1 aromatic carbocycles. The molecule has 1 aromatic heterocycles. The van der Waals surface area contributed by atoms with Crippen molar-refractivity contribution in [1.29, 1.82) is 0 Å². The molecule has 1 amide bonds. The standard InChI is InChI=1S/C37H49N2O7P/c1-4-28-20-37(28,47(3,43)44)21-33(40)32-18-29-22-39(32)36(42)31(26-11-6-5-7-12-26)19-34(41)45-23-24(2)9-8-10-25-13-14-27-15-16-38-35(46-29)30(27)17-25/h4,13-17,24,26,28-29,31-32H,1,5-12,18-23H2,2-3H3,(H,43,44)/t24-,28?,29-,31+,32+,37?/m1/s1. The van der Waals surface area contributed by atoms with Crippen molar-refractivity contribution in [2.45, 2.75) is 101 Å². The molecule has 7 atom stereocenters. The average molecular weight is 665 g/mol. The lowest BCUT2D eigenvalue weighted by atomic mass is 9.77. The Morgan fingerprint density at radius 2 is 1.96 bits per heavy atom. The normalized spacial score (nSPS) is 32.1. The van der Waals surface area contributed by atoms with Gasteiger partial charge in [0.05, 0.1) is 36.7 Å². The maximum atomic E-state index is 14.6. The van der Waals surface area contributed by atoms with Crippen LogP contribution in [0.2, 0.25) is 0 Å². The van der Waals surface area contributed by atoms with E-state index in [1.165, 1.54) is 6.66 Å². The van der Waals surface area contributed by atoms with Crippen LogP contribution in [0.15, 0.2) is 43.1 Å². The predicted molar refractivity (Wildman–Crippen MR) is 180 cm³/mol. The zero-order valence-electron chi connectivity index (χ0n) is 27.8. The molecular formula is C37H49N2O7P. The van der Waals surface area contributed by atoms with Crippen molar-refractivity contribution in [2.24, 2.45) is 23.7 Å². The SMILES string of the molecule is C=CC1CC1(CC(=O)[C@@H]1C[C@@H]2CN1C(=O)[C@H](C1CCCCC1)CC(=O)OC[C@H](C)CCCc1ccc3ccnc(c3c1)O2)P(C)(=O)O. The van der Waals surface area contributed by atoms with Crippen LogP contribution in [0.3, 0.4) is 0 Å². The van der Waals surface area contributed by atoms with Crippen molar-refractivity contribution in [3.8, 4) is 5.88 Å². The Hall–Kier alpha value is -3.03. The summed E-state index contributed by atoms with van der Waals surface area (Å²) in [5.74, 6) is -1.01. The fraction of sp³-hybridized carbons (Fsp3) is 0.622. The predicted octanol–water partition coefficient (Wildman–Crippen LogP) is 6.49. The van der Waals surface area contributed by atoms with E-state index in [-0.39, 0.29) is 61.2 Å². The first kappa shape index (κ1) is 33.9. The lowest BCUT2D eigenvalue weighted by Gasteiger charge is -2.34. The molecule has 4 aliphatic rings. The molecule has 0 radical (unpaired) electrons. The molecule has 10 heteroatoms. The number of carbonyl (C=O) groups excluding carboxylic acids is 3. The highest BCUT2D eigenvalue weighted by Gasteiger charge is 2.63. The first-order chi connectivity index (χ1) is 22.5. The number of pyridine rings is 1. The lowest BCUT2D eigenvalue weighted by Crippen LogP contribution is -2.47. The van der Waals surface area contributed by atoms with Gasteiger partial charge in [0.15, 0.2) is 5.78 Å². The number of aryl methyl sites for hydroxylation is 1. The van der Waals surface area contributed by atoms with Gasteiger partial charge in [-0.15, -0.1) is 6.58 Å². The van der Waals surface area contributed by atoms with Gasteiger partial charge in [-0.05, 0) is 79.4 Å². The van der Waals surface area contributed by atoms with Gasteiger partial charge in [0, 0.05) is 31.1 Å². The minimum atomic E-state index is -3.64. The lowest BCUT2D eigenvalue weighted by molar-refractivity contribution is -0.152. The van der Waals surface area contributed by atoms with Gasteiger partial charge in [-0.25, -0.2) is 4.98 Å². The first-order valence-electron chi connectivity index (χ1n) is 17.4. The number of aromatic nitrogens is 1. The van der Waals surface area contributed by atoms with Crippen LogP contribution in [-0.4, -0.2) is 69.6 Å². The van der Waals surface area contributed by atoms with Gasteiger partial charge >= 0.3 is 5.97 Å². The van der Waals surface area contributed by atoms with Gasteiger partial charge in [0.2, 0.25) is 19.2 Å². The average Bonchev–Trinajstić information content (AvgIpc) is 3.63. The van der Waals surface area contributed by atoms with E-state index in [9.17, 15) is 23.8 Å². The van der Waals surface area contributed by atoms with Crippen LogP contribution >= 0.6 is 7.37 Å². The van der Waals surface area contributed by atoms with Crippen molar-refractivity contribution in [3.63, 3.8) is 0 Å². The summed E-state index contributed by atoms with van der Waals surface area (Å²) in [6.45, 7) is 7.70. The number of amides is 1. The van der Waals surface area contributed by atoms with Crippen LogP contribution in [0.1, 0.15) is 83.1 Å². The second-order valence-electron chi connectivity index (χ2n) is 14.7. The number of ketones is 1. The van der Waals surface area contributed by atoms with E-state index >= 15 is 0 Å². The minimum Gasteiger partial charge on any atom is -0.472 e. The second kappa shape index (κ2) is 13.8. The molecule has 3 heterocycles. The number of fused-ring (bicyclic) bond motifs is 3. The van der Waals surface area contributed by atoms with Crippen LogP contribution in [0, 0.1) is 23.7 Å². The monoisotopic (exact) mass is 664 g/mol. The summed E-state index contributed by atoms with van der Waals surface area (Å²) in [7, 11) is -3.64. The zero-order chi connectivity index (χ0) is 33.3. The Morgan fingerprint density at radius 1 is 1.17 bits per heavy atom. The smallest absolute Gasteiger partial charge is 0.306 e. The Morgan fingerprint density at radius 3 is 2.68 bits per heavy atom. The molecule has 0 spiro atoms. The molecule has 2 saturated carbocycles. The third kappa shape index (κ3) is 7.22. The van der Waals surface area contributed by atoms with Gasteiger partial charge in [0.1, 0.15) is 6.10 Å². The fourth-order valence-electron chi connectivity index (χ4n) is 8.32. The highest BCUT2D eigenvalue weighted by Crippen LogP contribution is 2.71. The molecule has 9 nitrogen and oxygen atoms in total. The molecule has 47 heavy (non-hydrogen) atoms. The number of ether oxygens (including phenoxy) is 2. The van der Waals surface area contributed by atoms with Crippen molar-refractivity contribution in [2.75, 3.05) is 19.8 Å². The summed E-state index contributed by atoms with van der Waals surface area (Å²) in [6.07, 6.45) is 10.9. The molecule has 3 fully saturated rings. The number of rotatable bonds is 6. The van der Waals surface area contributed by atoms with Gasteiger partial charge < -0.3 is 19.3 Å². The topological polar surface area (TPSA) is 123 Å². The van der Waals surface area contributed by atoms with Crippen molar-refractivity contribution < 1.29 is 33.3 Å². The number of hydrogen-bond acceptors (Lipinski definition) is 7. The summed E-state index contributed by atoms with van der Waals surface area (Å²) in [4.78, 5) is 59.0. The van der Waals surface area contributed by atoms with Crippen LogP contribution in [0.25, 0.3) is 10.8 Å². The number of carbonyl (C=O) groups is 3. The fourth-order valence-corrected chi connectivity index (χ4v) is 10.0. The Kier molecular flexibility index (Phi) is 9.96. The summed E-state index contributed by atoms with van der Waals surface area (Å²) >= 11 is 0. The van der Waals surface area contributed by atoms with Crippen molar-refractivity contribution >= 4 is 35.8 Å². The van der Waals surface area contributed by atoms with Crippen molar-refractivity contribution in [3.05, 3.63) is 48.7 Å². The highest BCUT2D eigenvalue weighted by atomic mass is 31.2. The first-order valence-corrected chi connectivity index (χ1v) is 19.6. The maximum Gasteiger partial charge on any atom is 0.306 e. The molecule has 2 aromatic rings. The highest BCUT2D eigenvalue weighted by molar-refractivity contribution is 7.59. The van der Waals surface area contributed by atoms with E-state index in [0.717, 1.165) is 67.7 Å². The third-order valence-electron chi connectivity index (χ3n) is 11.3. The molecule has 6 rings (SSSR count). The Bertz CT molecular complexity index is 1560. The van der Waals surface area contributed by atoms with Crippen LogP contribution in [0.4, 0.5) is 0 Å². The van der Waals surface area contributed by atoms with Crippen molar-refractivity contribution in [1.82, 2.24) is 9.88 Å². The number of nitrogens with zero attached hydrogens (tertiary/aromatic N) is 2. The van der Waals surface area contributed by atoms with E-state index in [2.05, 4.69) is 36.7 Å². The number of Topliss-reactive ketones (excluding diaryl/α,β-unsaturated/α-hetero) is 1. The quantitative estimate of drug-likeness (QED) is 0.211. The molecule has 1 saturated heterocycles. The van der Waals surface area contributed by atoms with Gasteiger partial charge in [-0.3, -0.25) is 18.9 Å². The molecule has 4 bridgehead atoms. The van der Waals surface area contributed by atoms with E-state index in [4.69, 9.17) is 9.47 Å². The van der Waals surface area contributed by atoms with Gasteiger partial charge in [-0.1, -0.05) is 44.4 Å². The number of allylic oxidation sites excluding steroid dienone is 1. The largest absolute Gasteiger partial charge is 0.472 e. The number of hydrogen-bond donors (Lipinski definition) is 1. The Balaban J connectivity index is 1.36. The summed E-state index contributed by atoms with van der Waals surface area (Å²) in [5.41, 5.74) is 1.16. The number of esters is 1. The Labute approximate surface area is 277 Å². The van der Waals surface area contributed by atoms with E-state index in [1.807, 2.05) is 6.07 Å². The molecular weight excluding hydrogens is 615 g/mol. The summed E-state index contributed by atoms with van der Waals surface area (Å²) in [6, 6.07) is 7.40. The zero-order valence-corrected chi connectivity index (χ0v) is 28.7. The van der Waals surface area contributed by atoms with Crippen LogP contribution < -0.4 is 4.74 Å². The van der Waals surface area contributed by atoms with E-state index in [0.29, 0.717) is 18.9 Å². The summed E-state index contributed by atoms with van der Waals surface area (Å²) < 4.78 is 25.4. The summed E-state index contributed by atoms with van der Waals surface area (Å²) in [5, 5.41) is 0.832. The van der Waals surface area contributed by atoms with Crippen LogP contribution in [0.5, 0.6) is 5.88 Å². The molecule has 3 unspecified atom stereocenters. The van der Waals surface area contributed by atoms with E-state index < -0.39 is 30.6 Å². The third-order valence-corrected chi connectivity index (χ3v) is 13.6. The molecule has 254 valence electrons. The molecule has 1 N–H and O–H groups in total. The molecule has 2 aliphatic carbocycles. The van der Waals surface area contributed by atoms with Gasteiger partial charge in [0.25, 0.3) is 0 Å². The minimum absolute atomic E-state index is 0.0200. The second-order valence-corrected chi connectivity index (χ2v) is 17.4. The maximum absolute atomic E-state index is 14.6. The van der Waals surface area contributed by atoms with Crippen LogP contribution in [-0.2, 0) is 30.1 Å². The number of cyclic esters (lactones) is 1. The van der Waals surface area contributed by atoms with E-state index in [1.54, 1.807) is 17.2 Å². The number of benzene rings is 1. The molecule has 2 aliphatic heterocycles.